The highest BCUT2D eigenvalue weighted by molar-refractivity contribution is 7.89. The smallest absolute Gasteiger partial charge is 0.207 e. The third-order valence-corrected chi connectivity index (χ3v) is 15.2. The van der Waals surface area contributed by atoms with Crippen LogP contribution in [-0.2, 0) is 20.0 Å². The predicted molar refractivity (Wildman–Crippen MR) is 233 cm³/mol. The molecule has 0 N–H and O–H groups in total. The van der Waals surface area contributed by atoms with E-state index < -0.39 is 32.1 Å². The summed E-state index contributed by atoms with van der Waals surface area (Å²) in [6.45, 7) is 29.2. The summed E-state index contributed by atoms with van der Waals surface area (Å²) in [6, 6.07) is 25.5. The van der Waals surface area contributed by atoms with E-state index in [1.807, 2.05) is 116 Å². The molecule has 1 aliphatic rings. The monoisotopic (exact) mass is 796 g/mol. The topological polar surface area (TPSA) is 74.8 Å². The van der Waals surface area contributed by atoms with E-state index in [2.05, 4.69) is 58.5 Å². The van der Waals surface area contributed by atoms with Crippen LogP contribution in [0, 0.1) is 0 Å². The van der Waals surface area contributed by atoms with E-state index in [-0.39, 0.29) is 48.6 Å². The van der Waals surface area contributed by atoms with Crippen molar-refractivity contribution in [2.75, 3.05) is 13.1 Å². The molecule has 6 nitrogen and oxygen atoms in total. The van der Waals surface area contributed by atoms with E-state index in [0.29, 0.717) is 26.5 Å². The first kappa shape index (κ1) is 43.6. The molecule has 0 spiro atoms. The number of hydrogen-bond acceptors (Lipinski definition) is 4. The largest absolute Gasteiger partial charge is 0.244 e. The maximum Gasteiger partial charge on any atom is 0.244 e. The van der Waals surface area contributed by atoms with Gasteiger partial charge in [-0.25, -0.2) is 16.8 Å². The van der Waals surface area contributed by atoms with E-state index in [1.165, 1.54) is 0 Å². The second-order valence-corrected chi connectivity index (χ2v) is 21.2. The maximum absolute atomic E-state index is 15.9. The Morgan fingerprint density at radius 3 is 0.964 bits per heavy atom. The van der Waals surface area contributed by atoms with Crippen molar-refractivity contribution in [2.24, 2.45) is 0 Å². The number of sulfonamides is 2. The fraction of sp³-hybridized carbons (Fsp3) is 0.458. The third kappa shape index (κ3) is 8.50. The second kappa shape index (κ2) is 17.1. The zero-order valence-corrected chi connectivity index (χ0v) is 37.3. The average Bonchev–Trinajstić information content (AvgIpc) is 3.31. The minimum atomic E-state index is -4.29. The van der Waals surface area contributed by atoms with Crippen molar-refractivity contribution >= 4 is 20.0 Å². The molecule has 302 valence electrons. The first-order valence-electron chi connectivity index (χ1n) is 20.4. The SMILES string of the molecule is C=C1CN(S(=O)(=O)c2c(C(C)C)cc(C(C)C)cc2C(C)C)[C@@H](c2ccccc2)[C@H](c2ccccc2)N(S(=O)(=O)c2c(C(C)C)cc(C(C)C)cc2C(C)C)C1. The minimum absolute atomic E-state index is 0.0430. The van der Waals surface area contributed by atoms with Crippen molar-refractivity contribution in [3.63, 3.8) is 0 Å². The highest BCUT2D eigenvalue weighted by Gasteiger charge is 2.49. The molecule has 1 saturated heterocycles. The maximum atomic E-state index is 15.9. The van der Waals surface area contributed by atoms with Gasteiger partial charge in [0.1, 0.15) is 0 Å². The fourth-order valence-electron chi connectivity index (χ4n) is 8.08. The van der Waals surface area contributed by atoms with Gasteiger partial charge in [-0.05, 0) is 85.6 Å². The van der Waals surface area contributed by atoms with Gasteiger partial charge in [-0.15, -0.1) is 0 Å². The Labute approximate surface area is 339 Å². The summed E-state index contributed by atoms with van der Waals surface area (Å²) in [5.41, 5.74) is 7.21. The summed E-state index contributed by atoms with van der Waals surface area (Å²) in [5.74, 6) is 0.0848. The molecule has 0 radical (unpaired) electrons. The van der Waals surface area contributed by atoms with Gasteiger partial charge in [0.05, 0.1) is 21.9 Å². The molecule has 0 bridgehead atoms. The Balaban J connectivity index is 1.91. The zero-order valence-electron chi connectivity index (χ0n) is 35.7. The normalized spacial score (nSPS) is 17.9. The molecule has 1 aliphatic heterocycles. The van der Waals surface area contributed by atoms with Crippen LogP contribution in [0.2, 0.25) is 0 Å². The second-order valence-electron chi connectivity index (χ2n) is 17.5. The van der Waals surface area contributed by atoms with Gasteiger partial charge in [-0.2, -0.15) is 8.61 Å². The lowest BCUT2D eigenvalue weighted by atomic mass is 9.89. The predicted octanol–water partition coefficient (Wildman–Crippen LogP) is 12.2. The van der Waals surface area contributed by atoms with Gasteiger partial charge in [0.2, 0.25) is 20.0 Å². The van der Waals surface area contributed by atoms with Gasteiger partial charge in [-0.3, -0.25) is 0 Å². The van der Waals surface area contributed by atoms with Crippen LogP contribution < -0.4 is 0 Å². The third-order valence-electron chi connectivity index (χ3n) is 11.3. The molecule has 5 rings (SSSR count). The number of hydrogen-bond donors (Lipinski definition) is 0. The lowest BCUT2D eigenvalue weighted by Gasteiger charge is -2.40. The Bertz CT molecular complexity index is 2020. The zero-order chi connectivity index (χ0) is 41.4. The van der Waals surface area contributed by atoms with E-state index in [9.17, 15) is 0 Å². The van der Waals surface area contributed by atoms with Crippen molar-refractivity contribution in [2.45, 2.75) is 140 Å². The molecule has 1 fully saturated rings. The molecule has 0 aliphatic carbocycles. The number of benzene rings is 4. The van der Waals surface area contributed by atoms with E-state index in [1.54, 1.807) is 8.61 Å². The highest BCUT2D eigenvalue weighted by atomic mass is 32.2. The quantitative estimate of drug-likeness (QED) is 0.134. The summed E-state index contributed by atoms with van der Waals surface area (Å²) in [7, 11) is -8.58. The van der Waals surface area contributed by atoms with Gasteiger partial charge in [0, 0.05) is 13.1 Å². The van der Waals surface area contributed by atoms with Crippen LogP contribution in [0.1, 0.15) is 175 Å². The van der Waals surface area contributed by atoms with Crippen LogP contribution in [0.25, 0.3) is 0 Å². The Morgan fingerprint density at radius 1 is 0.464 bits per heavy atom. The molecule has 0 saturated carbocycles. The number of rotatable bonds is 12. The highest BCUT2D eigenvalue weighted by Crippen LogP contribution is 2.49. The lowest BCUT2D eigenvalue weighted by molar-refractivity contribution is 0.231. The summed E-state index contributed by atoms with van der Waals surface area (Å²) < 4.78 is 66.8. The van der Waals surface area contributed by atoms with Crippen molar-refractivity contribution in [3.8, 4) is 0 Å². The van der Waals surface area contributed by atoms with Crippen LogP contribution in [0.15, 0.2) is 107 Å². The molecule has 0 unspecified atom stereocenters. The van der Waals surface area contributed by atoms with Crippen molar-refractivity contribution in [1.29, 1.82) is 0 Å². The first-order chi connectivity index (χ1) is 26.2. The Kier molecular flexibility index (Phi) is 13.3. The van der Waals surface area contributed by atoms with Crippen molar-refractivity contribution < 1.29 is 16.8 Å². The van der Waals surface area contributed by atoms with E-state index >= 15 is 16.8 Å². The lowest BCUT2D eigenvalue weighted by Crippen LogP contribution is -2.43. The van der Waals surface area contributed by atoms with Crippen molar-refractivity contribution in [1.82, 2.24) is 8.61 Å². The van der Waals surface area contributed by atoms with Crippen LogP contribution in [0.5, 0.6) is 0 Å². The molecular formula is C48H64N2O4S2. The first-order valence-corrected chi connectivity index (χ1v) is 23.2. The van der Waals surface area contributed by atoms with Gasteiger partial charge < -0.3 is 0 Å². The molecule has 0 amide bonds. The van der Waals surface area contributed by atoms with Gasteiger partial charge >= 0.3 is 0 Å². The van der Waals surface area contributed by atoms with Gasteiger partial charge in [0.15, 0.2) is 0 Å². The van der Waals surface area contributed by atoms with Crippen molar-refractivity contribution in [3.05, 3.63) is 142 Å². The molecule has 0 aromatic heterocycles. The summed E-state index contributed by atoms with van der Waals surface area (Å²) in [5, 5.41) is 0. The molecule has 2 atom stereocenters. The molecular weight excluding hydrogens is 733 g/mol. The standard InChI is InChI=1S/C48H64N2O4S2/c1-30(2)39-24-41(32(5)6)47(42(25-39)33(7)8)55(51,52)49-28-36(13)29-50(46(38-22-18-15-19-23-38)45(49)37-20-16-14-17-21-37)56(53,54)48-43(34(9)10)26-40(31(3)4)27-44(48)35(11)12/h14-27,30-35,45-46H,13,28-29H2,1-12H3/t45-,46-/m0/s1. The average molecular weight is 797 g/mol. The Morgan fingerprint density at radius 2 is 0.732 bits per heavy atom. The minimum Gasteiger partial charge on any atom is -0.207 e. The Hall–Kier alpha value is -3.56. The molecule has 8 heteroatoms. The van der Waals surface area contributed by atoms with Crippen LogP contribution in [0.4, 0.5) is 0 Å². The molecule has 56 heavy (non-hydrogen) atoms. The van der Waals surface area contributed by atoms with Crippen LogP contribution >= 0.6 is 0 Å². The molecule has 1 heterocycles. The van der Waals surface area contributed by atoms with Crippen LogP contribution in [-0.4, -0.2) is 38.5 Å². The van der Waals surface area contributed by atoms with E-state index in [0.717, 1.165) is 33.4 Å². The summed E-state index contributed by atoms with van der Waals surface area (Å²) in [6.07, 6.45) is 0. The molecule has 4 aromatic carbocycles. The summed E-state index contributed by atoms with van der Waals surface area (Å²) in [4.78, 5) is 0.634. The number of nitrogens with zero attached hydrogens (tertiary/aromatic N) is 2. The van der Waals surface area contributed by atoms with Gasteiger partial charge in [0.25, 0.3) is 0 Å². The van der Waals surface area contributed by atoms with Gasteiger partial charge in [-0.1, -0.05) is 175 Å². The fourth-order valence-corrected chi connectivity index (χ4v) is 12.7. The van der Waals surface area contributed by atoms with Crippen LogP contribution in [0.3, 0.4) is 0 Å². The summed E-state index contributed by atoms with van der Waals surface area (Å²) >= 11 is 0. The molecule has 4 aromatic rings. The van der Waals surface area contributed by atoms with E-state index in [4.69, 9.17) is 0 Å².